The van der Waals surface area contributed by atoms with Crippen molar-refractivity contribution in [3.8, 4) is 11.1 Å². The molecule has 2 aromatic carbocycles. The summed E-state index contributed by atoms with van der Waals surface area (Å²) in [5.41, 5.74) is 6.62. The van der Waals surface area contributed by atoms with Crippen LogP contribution in [0.15, 0.2) is 67.0 Å². The van der Waals surface area contributed by atoms with Gasteiger partial charge < -0.3 is 10.0 Å². The van der Waals surface area contributed by atoms with E-state index in [1.807, 2.05) is 42.6 Å². The fraction of sp³-hybridized carbons (Fsp3) is 0.312. The first-order valence-corrected chi connectivity index (χ1v) is 13.2. The Kier molecular flexibility index (Phi) is 5.97. The van der Waals surface area contributed by atoms with Gasteiger partial charge in [0.15, 0.2) is 11.5 Å². The predicted octanol–water partition coefficient (Wildman–Crippen LogP) is 6.52. The lowest BCUT2D eigenvalue weighted by Crippen LogP contribution is -2.40. The molecule has 1 atom stereocenters. The van der Waals surface area contributed by atoms with Gasteiger partial charge in [0.1, 0.15) is 0 Å². The molecule has 0 spiro atoms. The van der Waals surface area contributed by atoms with Crippen molar-refractivity contribution in [1.29, 1.82) is 0 Å². The van der Waals surface area contributed by atoms with Gasteiger partial charge in [0.2, 0.25) is 0 Å². The molecule has 1 N–H and O–H groups in total. The summed E-state index contributed by atoms with van der Waals surface area (Å²) in [5, 5.41) is 11.4. The first-order chi connectivity index (χ1) is 18.3. The second-order valence-electron chi connectivity index (χ2n) is 11.0. The van der Waals surface area contributed by atoms with Crippen molar-refractivity contribution >= 4 is 28.1 Å². The Balaban J connectivity index is 1.31. The molecule has 4 aromatic rings. The standard InChI is InChI=1S/C32H30N4O2/c1-32(2,38)22-11-14-27(34-17-22)25-15-16-36(19-29(25)37)28-18-35-31-24(20-9-12-23(33-3)13-10-20)5-4-6-26(31)30(28)21-7-8-21/h4-6,9-14,17-18,21,25,38H,7-8,15-16,19H2,1-2H3. The smallest absolute Gasteiger partial charge is 0.187 e. The molecule has 0 amide bonds. The first kappa shape index (κ1) is 24.3. The largest absolute Gasteiger partial charge is 0.386 e. The van der Waals surface area contributed by atoms with E-state index in [-0.39, 0.29) is 11.7 Å². The maximum Gasteiger partial charge on any atom is 0.187 e. The summed E-state index contributed by atoms with van der Waals surface area (Å²) in [4.78, 5) is 28.5. The third-order valence-corrected chi connectivity index (χ3v) is 7.82. The van der Waals surface area contributed by atoms with Crippen LogP contribution in [0.25, 0.3) is 26.9 Å². The van der Waals surface area contributed by atoms with Crippen molar-refractivity contribution in [3.05, 3.63) is 95.2 Å². The van der Waals surface area contributed by atoms with Gasteiger partial charge in [0, 0.05) is 29.3 Å². The number of piperidine rings is 1. The molecular weight excluding hydrogens is 472 g/mol. The summed E-state index contributed by atoms with van der Waals surface area (Å²) in [6.07, 6.45) is 6.64. The van der Waals surface area contributed by atoms with Gasteiger partial charge in [0.05, 0.1) is 47.7 Å². The number of aromatic nitrogens is 2. The van der Waals surface area contributed by atoms with Gasteiger partial charge in [-0.3, -0.25) is 14.8 Å². The number of para-hydroxylation sites is 1. The Morgan fingerprint density at radius 1 is 1.00 bits per heavy atom. The first-order valence-electron chi connectivity index (χ1n) is 13.2. The van der Waals surface area contributed by atoms with Gasteiger partial charge >= 0.3 is 0 Å². The Morgan fingerprint density at radius 3 is 2.42 bits per heavy atom. The number of carbonyl (C=O) groups excluding carboxylic acids is 1. The number of rotatable bonds is 5. The summed E-state index contributed by atoms with van der Waals surface area (Å²) in [6, 6.07) is 17.7. The van der Waals surface area contributed by atoms with E-state index in [4.69, 9.17) is 11.6 Å². The van der Waals surface area contributed by atoms with Gasteiger partial charge in [0.25, 0.3) is 0 Å². The molecule has 190 valence electrons. The average Bonchev–Trinajstić information content (AvgIpc) is 3.77. The highest BCUT2D eigenvalue weighted by atomic mass is 16.3. The highest BCUT2D eigenvalue weighted by Crippen LogP contribution is 2.48. The van der Waals surface area contributed by atoms with E-state index in [0.717, 1.165) is 58.4 Å². The van der Waals surface area contributed by atoms with Crippen LogP contribution in [0.5, 0.6) is 0 Å². The van der Waals surface area contributed by atoms with Gasteiger partial charge in [-0.15, -0.1) is 0 Å². The van der Waals surface area contributed by atoms with Crippen LogP contribution >= 0.6 is 0 Å². The van der Waals surface area contributed by atoms with E-state index in [1.165, 1.54) is 5.56 Å². The topological polar surface area (TPSA) is 70.7 Å². The molecule has 6 heteroatoms. The normalized spacial score (nSPS) is 18.0. The summed E-state index contributed by atoms with van der Waals surface area (Å²) in [7, 11) is 0. The molecule has 3 heterocycles. The molecule has 2 aromatic heterocycles. The molecule has 2 aliphatic rings. The summed E-state index contributed by atoms with van der Waals surface area (Å²) in [6.45, 7) is 11.8. The minimum absolute atomic E-state index is 0.162. The van der Waals surface area contributed by atoms with Gasteiger partial charge in [-0.1, -0.05) is 48.5 Å². The lowest BCUT2D eigenvalue weighted by atomic mass is 9.89. The monoisotopic (exact) mass is 502 g/mol. The minimum atomic E-state index is -0.956. The van der Waals surface area contributed by atoms with Gasteiger partial charge in [-0.25, -0.2) is 4.85 Å². The SMILES string of the molecule is [C-]#[N+]c1ccc(-c2cccc3c(C4CC4)c(N4CCC(c5ccc(C(C)(C)O)cn5)C(=O)C4)cnc23)cc1. The van der Waals surface area contributed by atoms with E-state index < -0.39 is 5.60 Å². The third-order valence-electron chi connectivity index (χ3n) is 7.82. The number of carbonyl (C=O) groups is 1. The molecule has 0 bridgehead atoms. The molecule has 1 saturated carbocycles. The number of pyridine rings is 2. The number of fused-ring (bicyclic) bond motifs is 1. The Bertz CT molecular complexity index is 1560. The molecule has 1 saturated heterocycles. The number of aliphatic hydroxyl groups is 1. The number of Topliss-reactive ketones (excluding diaryl/α,β-unsaturated/α-hetero) is 1. The molecule has 2 fully saturated rings. The fourth-order valence-electron chi connectivity index (χ4n) is 5.55. The van der Waals surface area contributed by atoms with Crippen molar-refractivity contribution < 1.29 is 9.90 Å². The molecule has 6 rings (SSSR count). The number of anilines is 1. The lowest BCUT2D eigenvalue weighted by molar-refractivity contribution is -0.120. The second-order valence-corrected chi connectivity index (χ2v) is 11.0. The number of hydrogen-bond donors (Lipinski definition) is 1. The Labute approximate surface area is 222 Å². The van der Waals surface area contributed by atoms with E-state index >= 15 is 0 Å². The fourth-order valence-corrected chi connectivity index (χ4v) is 5.55. The van der Waals surface area contributed by atoms with E-state index in [0.29, 0.717) is 24.6 Å². The highest BCUT2D eigenvalue weighted by molar-refractivity contribution is 5.99. The molecule has 1 aliphatic carbocycles. The van der Waals surface area contributed by atoms with Crippen LogP contribution in [0, 0.1) is 6.57 Å². The summed E-state index contributed by atoms with van der Waals surface area (Å²) >= 11 is 0. The number of hydrogen-bond acceptors (Lipinski definition) is 5. The van der Waals surface area contributed by atoms with Crippen molar-refractivity contribution in [3.63, 3.8) is 0 Å². The quantitative estimate of drug-likeness (QED) is 0.315. The summed E-state index contributed by atoms with van der Waals surface area (Å²) < 4.78 is 0. The predicted molar refractivity (Wildman–Crippen MR) is 149 cm³/mol. The zero-order chi connectivity index (χ0) is 26.4. The molecule has 0 radical (unpaired) electrons. The van der Waals surface area contributed by atoms with Crippen molar-refractivity contribution in [2.75, 3.05) is 18.0 Å². The molecule has 1 aliphatic heterocycles. The number of nitrogens with zero attached hydrogens (tertiary/aromatic N) is 4. The van der Waals surface area contributed by atoms with E-state index in [9.17, 15) is 9.90 Å². The third kappa shape index (κ3) is 4.44. The van der Waals surface area contributed by atoms with Crippen LogP contribution in [-0.2, 0) is 10.4 Å². The minimum Gasteiger partial charge on any atom is -0.386 e. The zero-order valence-corrected chi connectivity index (χ0v) is 21.7. The number of ketones is 1. The second kappa shape index (κ2) is 9.34. The summed E-state index contributed by atoms with van der Waals surface area (Å²) in [5.74, 6) is 0.416. The van der Waals surface area contributed by atoms with Crippen LogP contribution in [0.2, 0.25) is 0 Å². The van der Waals surface area contributed by atoms with Crippen LogP contribution in [0.3, 0.4) is 0 Å². The van der Waals surface area contributed by atoms with Crippen LogP contribution in [-0.4, -0.2) is 33.9 Å². The maximum atomic E-state index is 13.3. The molecular formula is C32H30N4O2. The molecule has 6 nitrogen and oxygen atoms in total. The average molecular weight is 503 g/mol. The van der Waals surface area contributed by atoms with E-state index in [1.54, 1.807) is 20.0 Å². The zero-order valence-electron chi connectivity index (χ0n) is 21.7. The van der Waals surface area contributed by atoms with Crippen LogP contribution in [0.1, 0.15) is 61.8 Å². The highest BCUT2D eigenvalue weighted by Gasteiger charge is 2.35. The van der Waals surface area contributed by atoms with E-state index in [2.05, 4.69) is 32.9 Å². The lowest BCUT2D eigenvalue weighted by Gasteiger charge is -2.34. The molecule has 38 heavy (non-hydrogen) atoms. The van der Waals surface area contributed by atoms with Crippen molar-refractivity contribution in [2.45, 2.75) is 50.5 Å². The Hall–Kier alpha value is -4.08. The molecule has 1 unspecified atom stereocenters. The van der Waals surface area contributed by atoms with Crippen LogP contribution < -0.4 is 4.90 Å². The Morgan fingerprint density at radius 2 is 1.79 bits per heavy atom. The maximum absolute atomic E-state index is 13.3. The van der Waals surface area contributed by atoms with Crippen LogP contribution in [0.4, 0.5) is 11.4 Å². The van der Waals surface area contributed by atoms with Crippen molar-refractivity contribution in [1.82, 2.24) is 9.97 Å². The van der Waals surface area contributed by atoms with Gasteiger partial charge in [-0.05, 0) is 56.2 Å². The van der Waals surface area contributed by atoms with Gasteiger partial charge in [-0.2, -0.15) is 0 Å². The van der Waals surface area contributed by atoms with Crippen molar-refractivity contribution in [2.24, 2.45) is 0 Å². The number of benzene rings is 2.